The average molecular weight is 405 g/mol. The molecule has 0 amide bonds. The Labute approximate surface area is 162 Å². The van der Waals surface area contributed by atoms with Crippen LogP contribution in [-0.2, 0) is 24.3 Å². The molecule has 28 heavy (non-hydrogen) atoms. The van der Waals surface area contributed by atoms with Gasteiger partial charge in [0, 0.05) is 6.42 Å². The zero-order valence-electron chi connectivity index (χ0n) is 15.3. The molecular weight excluding hydrogens is 386 g/mol. The number of nitrogens with one attached hydrogen (secondary N) is 1. The zero-order valence-corrected chi connectivity index (χ0v) is 16.1. The van der Waals surface area contributed by atoms with Crippen LogP contribution in [0.25, 0.3) is 0 Å². The molecule has 3 rings (SSSR count). The summed E-state index contributed by atoms with van der Waals surface area (Å²) in [7, 11) is -2.57. The lowest BCUT2D eigenvalue weighted by atomic mass is 10.1. The van der Waals surface area contributed by atoms with E-state index in [1.165, 1.54) is 25.3 Å². The van der Waals surface area contributed by atoms with E-state index < -0.39 is 28.1 Å². The van der Waals surface area contributed by atoms with E-state index in [1.807, 2.05) is 0 Å². The molecule has 0 spiro atoms. The number of aryl methyl sites for hydroxylation is 1. The molecule has 1 aliphatic heterocycles. The van der Waals surface area contributed by atoms with E-state index in [9.17, 15) is 18.0 Å². The molecule has 1 fully saturated rings. The Morgan fingerprint density at radius 3 is 2.64 bits per heavy atom. The molecule has 2 aromatic rings. The van der Waals surface area contributed by atoms with Crippen LogP contribution in [0.2, 0.25) is 0 Å². The summed E-state index contributed by atoms with van der Waals surface area (Å²) >= 11 is 0. The van der Waals surface area contributed by atoms with Crippen molar-refractivity contribution >= 4 is 27.6 Å². The van der Waals surface area contributed by atoms with Crippen LogP contribution in [0.3, 0.4) is 0 Å². The third kappa shape index (κ3) is 4.09. The minimum Gasteiger partial charge on any atom is -0.495 e. The van der Waals surface area contributed by atoms with Gasteiger partial charge >= 0.3 is 11.9 Å². The minimum absolute atomic E-state index is 0.0192. The number of methoxy groups -OCH3 is 1. The largest absolute Gasteiger partial charge is 0.495 e. The molecule has 0 aliphatic carbocycles. The summed E-state index contributed by atoms with van der Waals surface area (Å²) in [4.78, 5) is 23.7. The molecule has 1 atom stereocenters. The summed E-state index contributed by atoms with van der Waals surface area (Å²) in [6.07, 6.45) is -0.697. The molecule has 0 aromatic heterocycles. The summed E-state index contributed by atoms with van der Waals surface area (Å²) in [5.74, 6) is -1.04. The van der Waals surface area contributed by atoms with Gasteiger partial charge in [-0.3, -0.25) is 4.72 Å². The van der Waals surface area contributed by atoms with E-state index in [2.05, 4.69) is 4.72 Å². The van der Waals surface area contributed by atoms with E-state index in [4.69, 9.17) is 14.2 Å². The number of benzene rings is 2. The first-order chi connectivity index (χ1) is 13.3. The normalized spacial score (nSPS) is 16.4. The van der Waals surface area contributed by atoms with Crippen molar-refractivity contribution in [2.24, 2.45) is 0 Å². The van der Waals surface area contributed by atoms with Gasteiger partial charge in [-0.25, -0.2) is 18.0 Å². The van der Waals surface area contributed by atoms with Gasteiger partial charge in [0.2, 0.25) is 6.10 Å². The minimum atomic E-state index is -4.00. The number of anilines is 1. The summed E-state index contributed by atoms with van der Waals surface area (Å²) in [6.45, 7) is 1.80. The molecule has 1 aliphatic rings. The van der Waals surface area contributed by atoms with E-state index in [1.54, 1.807) is 31.2 Å². The molecule has 0 unspecified atom stereocenters. The van der Waals surface area contributed by atoms with Gasteiger partial charge in [0.1, 0.15) is 5.75 Å². The monoisotopic (exact) mass is 405 g/mol. The standard InChI is InChI=1S/C19H19NO7S/c1-12-7-8-13(18(21)27-16-9-10-26-19(16)22)11-17(12)28(23,24)20-14-5-3-4-6-15(14)25-2/h3-8,11,16,20H,9-10H2,1-2H3/t16-/m1/s1. The summed E-state index contributed by atoms with van der Waals surface area (Å²) in [5, 5.41) is 0. The van der Waals surface area contributed by atoms with Gasteiger partial charge in [0.25, 0.3) is 10.0 Å². The maximum Gasteiger partial charge on any atom is 0.347 e. The summed E-state index contributed by atoms with van der Waals surface area (Å²) < 4.78 is 43.2. The highest BCUT2D eigenvalue weighted by atomic mass is 32.2. The number of esters is 2. The van der Waals surface area contributed by atoms with E-state index in [0.29, 0.717) is 11.3 Å². The van der Waals surface area contributed by atoms with Crippen LogP contribution < -0.4 is 9.46 Å². The lowest BCUT2D eigenvalue weighted by Crippen LogP contribution is -2.23. The number of hydrogen-bond donors (Lipinski definition) is 1. The number of sulfonamides is 1. The highest BCUT2D eigenvalue weighted by Crippen LogP contribution is 2.27. The van der Waals surface area contributed by atoms with Crippen molar-refractivity contribution in [1.82, 2.24) is 0 Å². The third-order valence-electron chi connectivity index (χ3n) is 4.20. The summed E-state index contributed by atoms with van der Waals surface area (Å²) in [5.41, 5.74) is 0.732. The molecule has 1 heterocycles. The van der Waals surface area contributed by atoms with E-state index in [0.717, 1.165) is 0 Å². The Bertz CT molecular complexity index is 1020. The van der Waals surface area contributed by atoms with Crippen molar-refractivity contribution in [3.05, 3.63) is 53.6 Å². The fourth-order valence-electron chi connectivity index (χ4n) is 2.73. The number of hydrogen-bond acceptors (Lipinski definition) is 7. The number of carbonyl (C=O) groups is 2. The van der Waals surface area contributed by atoms with E-state index in [-0.39, 0.29) is 29.2 Å². The Morgan fingerprint density at radius 2 is 1.96 bits per heavy atom. The molecule has 0 bridgehead atoms. The fraction of sp³-hybridized carbons (Fsp3) is 0.263. The quantitative estimate of drug-likeness (QED) is 0.735. The molecule has 9 heteroatoms. The molecule has 1 saturated heterocycles. The predicted octanol–water partition coefficient (Wildman–Crippen LogP) is 2.28. The second kappa shape index (κ2) is 7.89. The Kier molecular flexibility index (Phi) is 5.55. The zero-order chi connectivity index (χ0) is 20.3. The Hall–Kier alpha value is -3.07. The number of carbonyl (C=O) groups excluding carboxylic acids is 2. The highest BCUT2D eigenvalue weighted by Gasteiger charge is 2.31. The van der Waals surface area contributed by atoms with Gasteiger partial charge in [0.15, 0.2) is 0 Å². The van der Waals surface area contributed by atoms with Crippen molar-refractivity contribution in [1.29, 1.82) is 0 Å². The number of cyclic esters (lactones) is 1. The number of ether oxygens (including phenoxy) is 3. The van der Waals surface area contributed by atoms with Crippen LogP contribution >= 0.6 is 0 Å². The van der Waals surface area contributed by atoms with Gasteiger partial charge in [-0.15, -0.1) is 0 Å². The molecule has 8 nitrogen and oxygen atoms in total. The lowest BCUT2D eigenvalue weighted by molar-refractivity contribution is -0.145. The summed E-state index contributed by atoms with van der Waals surface area (Å²) in [6, 6.07) is 10.7. The van der Waals surface area contributed by atoms with Crippen LogP contribution in [-0.4, -0.2) is 40.2 Å². The molecular formula is C19H19NO7S. The second-order valence-corrected chi connectivity index (χ2v) is 7.79. The van der Waals surface area contributed by atoms with Gasteiger partial charge in [-0.2, -0.15) is 0 Å². The maximum absolute atomic E-state index is 12.9. The second-order valence-electron chi connectivity index (χ2n) is 6.14. The van der Waals surface area contributed by atoms with Gasteiger partial charge < -0.3 is 14.2 Å². The van der Waals surface area contributed by atoms with Crippen LogP contribution in [0, 0.1) is 6.92 Å². The van der Waals surface area contributed by atoms with Crippen molar-refractivity contribution in [3.8, 4) is 5.75 Å². The van der Waals surface area contributed by atoms with Crippen molar-refractivity contribution in [2.75, 3.05) is 18.4 Å². The fourth-order valence-corrected chi connectivity index (χ4v) is 4.07. The predicted molar refractivity (Wildman–Crippen MR) is 99.8 cm³/mol. The molecule has 1 N–H and O–H groups in total. The molecule has 2 aromatic carbocycles. The molecule has 0 saturated carbocycles. The maximum atomic E-state index is 12.9. The molecule has 148 valence electrons. The Balaban J connectivity index is 1.87. The Morgan fingerprint density at radius 1 is 1.21 bits per heavy atom. The SMILES string of the molecule is COc1ccccc1NS(=O)(=O)c1cc(C(=O)O[C@@H]2CCOC2=O)ccc1C. The van der Waals surface area contributed by atoms with Gasteiger partial charge in [-0.1, -0.05) is 18.2 Å². The van der Waals surface area contributed by atoms with Crippen molar-refractivity contribution in [2.45, 2.75) is 24.3 Å². The lowest BCUT2D eigenvalue weighted by Gasteiger charge is -2.14. The van der Waals surface area contributed by atoms with Gasteiger partial charge in [0.05, 0.1) is 29.9 Å². The van der Waals surface area contributed by atoms with Crippen molar-refractivity contribution < 1.29 is 32.2 Å². The van der Waals surface area contributed by atoms with Crippen molar-refractivity contribution in [3.63, 3.8) is 0 Å². The van der Waals surface area contributed by atoms with Crippen LogP contribution in [0.4, 0.5) is 5.69 Å². The first-order valence-corrected chi connectivity index (χ1v) is 9.94. The van der Waals surface area contributed by atoms with Crippen LogP contribution in [0.5, 0.6) is 5.75 Å². The average Bonchev–Trinajstić information content (AvgIpc) is 3.06. The van der Waals surface area contributed by atoms with Crippen LogP contribution in [0.1, 0.15) is 22.3 Å². The first kappa shape index (κ1) is 19.7. The number of para-hydroxylation sites is 2. The topological polar surface area (TPSA) is 108 Å². The van der Waals surface area contributed by atoms with Crippen LogP contribution in [0.15, 0.2) is 47.4 Å². The number of rotatable bonds is 6. The smallest absolute Gasteiger partial charge is 0.347 e. The first-order valence-electron chi connectivity index (χ1n) is 8.46. The molecule has 0 radical (unpaired) electrons. The van der Waals surface area contributed by atoms with Gasteiger partial charge in [-0.05, 0) is 36.8 Å². The van der Waals surface area contributed by atoms with E-state index >= 15 is 0 Å². The highest BCUT2D eigenvalue weighted by molar-refractivity contribution is 7.92. The third-order valence-corrected chi connectivity index (χ3v) is 5.71.